The average Bonchev–Trinajstić information content (AvgIpc) is 2.41. The molecule has 3 N–H and O–H groups in total. The van der Waals surface area contributed by atoms with Crippen molar-refractivity contribution in [2.45, 2.75) is 13.5 Å². The number of anilines is 2. The number of rotatable bonds is 4. The van der Waals surface area contributed by atoms with E-state index in [-0.39, 0.29) is 5.91 Å². The normalized spacial score (nSPS) is 10.3. The second kappa shape index (κ2) is 6.16. The van der Waals surface area contributed by atoms with E-state index >= 15 is 0 Å². The Labute approximate surface area is 117 Å². The fourth-order valence-corrected chi connectivity index (χ4v) is 1.88. The van der Waals surface area contributed by atoms with Gasteiger partial charge in [-0.15, -0.1) is 0 Å². The smallest absolute Gasteiger partial charge is 0.259 e. The van der Waals surface area contributed by atoms with E-state index in [1.807, 2.05) is 31.2 Å². The number of aryl methyl sites for hydroxylation is 1. The van der Waals surface area contributed by atoms with Gasteiger partial charge in [0, 0.05) is 35.9 Å². The average molecular weight is 271 g/mol. The number of nitrogen functional groups attached to an aromatic ring is 1. The van der Waals surface area contributed by atoms with E-state index in [2.05, 4.69) is 10.3 Å². The molecule has 1 aromatic carbocycles. The zero-order valence-electron chi connectivity index (χ0n) is 11.5. The van der Waals surface area contributed by atoms with Gasteiger partial charge in [-0.1, -0.05) is 18.2 Å². The zero-order chi connectivity index (χ0) is 14.5. The summed E-state index contributed by atoms with van der Waals surface area (Å²) in [4.78, 5) is 16.3. The van der Waals surface area contributed by atoms with E-state index < -0.39 is 0 Å². The number of carbonyl (C=O) groups is 1. The number of hydrogen-bond acceptors (Lipinski definition) is 4. The Hall–Kier alpha value is -2.40. The molecule has 0 aliphatic heterocycles. The van der Waals surface area contributed by atoms with Gasteiger partial charge in [-0.05, 0) is 19.1 Å². The molecule has 0 saturated carbocycles. The lowest BCUT2D eigenvalue weighted by Gasteiger charge is -2.11. The lowest BCUT2D eigenvalue weighted by molar-refractivity contribution is 0.102. The van der Waals surface area contributed by atoms with Crippen LogP contribution in [0.3, 0.4) is 0 Å². The summed E-state index contributed by atoms with van der Waals surface area (Å²) in [5.74, 6) is -0.279. The third-order valence-corrected chi connectivity index (χ3v) is 2.88. The highest BCUT2D eigenvalue weighted by molar-refractivity contribution is 6.07. The van der Waals surface area contributed by atoms with Gasteiger partial charge >= 0.3 is 0 Å². The molecule has 104 valence electrons. The number of nitrogens with two attached hydrogens (primary N) is 1. The summed E-state index contributed by atoms with van der Waals surface area (Å²) in [7, 11) is 1.61. The molecule has 0 bridgehead atoms. The van der Waals surface area contributed by atoms with Crippen LogP contribution in [0.4, 0.5) is 11.4 Å². The molecule has 5 heteroatoms. The predicted molar refractivity (Wildman–Crippen MR) is 78.5 cm³/mol. The molecule has 1 aromatic heterocycles. The first-order chi connectivity index (χ1) is 9.61. The summed E-state index contributed by atoms with van der Waals surface area (Å²) in [6.45, 7) is 2.25. The quantitative estimate of drug-likeness (QED) is 0.895. The third-order valence-electron chi connectivity index (χ3n) is 2.88. The van der Waals surface area contributed by atoms with Crippen molar-refractivity contribution in [3.63, 3.8) is 0 Å². The van der Waals surface area contributed by atoms with Gasteiger partial charge < -0.3 is 15.8 Å². The van der Waals surface area contributed by atoms with Gasteiger partial charge in [0.05, 0.1) is 12.2 Å². The van der Waals surface area contributed by atoms with E-state index in [0.29, 0.717) is 23.5 Å². The zero-order valence-corrected chi connectivity index (χ0v) is 11.5. The van der Waals surface area contributed by atoms with Crippen molar-refractivity contribution < 1.29 is 9.53 Å². The minimum atomic E-state index is -0.279. The highest BCUT2D eigenvalue weighted by atomic mass is 16.5. The van der Waals surface area contributed by atoms with Crippen molar-refractivity contribution in [3.8, 4) is 0 Å². The minimum absolute atomic E-state index is 0.279. The van der Waals surface area contributed by atoms with Gasteiger partial charge in [-0.2, -0.15) is 0 Å². The van der Waals surface area contributed by atoms with Crippen LogP contribution in [0.1, 0.15) is 21.6 Å². The molecule has 0 saturated heterocycles. The molecule has 0 aliphatic rings. The lowest BCUT2D eigenvalue weighted by atomic mass is 10.1. The predicted octanol–water partition coefficient (Wildman–Crippen LogP) is 2.37. The summed E-state index contributed by atoms with van der Waals surface area (Å²) < 4.78 is 5.11. The van der Waals surface area contributed by atoms with Crippen LogP contribution >= 0.6 is 0 Å². The van der Waals surface area contributed by atoms with Crippen molar-refractivity contribution >= 4 is 17.3 Å². The molecule has 0 fully saturated rings. The molecule has 0 radical (unpaired) electrons. The fraction of sp³-hybridized carbons (Fsp3) is 0.200. The maximum atomic E-state index is 12.2. The number of carbonyl (C=O) groups excluding carboxylic acids is 1. The summed E-state index contributed by atoms with van der Waals surface area (Å²) in [6, 6.07) is 9.15. The Morgan fingerprint density at radius 3 is 2.85 bits per heavy atom. The highest BCUT2D eigenvalue weighted by Crippen LogP contribution is 2.19. The van der Waals surface area contributed by atoms with Crippen LogP contribution in [0.15, 0.2) is 36.5 Å². The molecule has 2 rings (SSSR count). The van der Waals surface area contributed by atoms with E-state index in [1.54, 1.807) is 13.2 Å². The molecule has 0 aliphatic carbocycles. The van der Waals surface area contributed by atoms with Crippen LogP contribution in [0.2, 0.25) is 0 Å². The molecule has 1 heterocycles. The number of pyridine rings is 1. The number of aromatic nitrogens is 1. The number of nitrogens with one attached hydrogen (secondary N) is 1. The number of nitrogens with zero attached hydrogens (tertiary/aromatic N) is 1. The summed E-state index contributed by atoms with van der Waals surface area (Å²) in [5, 5.41) is 2.83. The van der Waals surface area contributed by atoms with Gasteiger partial charge in [0.25, 0.3) is 5.91 Å². The molecule has 5 nitrogen and oxygen atoms in total. The second-order valence-electron chi connectivity index (χ2n) is 4.46. The number of ether oxygens (including phenoxy) is 1. The molecule has 0 unspecified atom stereocenters. The van der Waals surface area contributed by atoms with Crippen LogP contribution in [-0.2, 0) is 11.3 Å². The Balaban J connectivity index is 2.23. The van der Waals surface area contributed by atoms with Gasteiger partial charge in [-0.25, -0.2) is 0 Å². The van der Waals surface area contributed by atoms with E-state index in [4.69, 9.17) is 10.5 Å². The number of methoxy groups -OCH3 is 1. The molecule has 1 amide bonds. The van der Waals surface area contributed by atoms with Gasteiger partial charge in [0.2, 0.25) is 0 Å². The van der Waals surface area contributed by atoms with Crippen LogP contribution in [0.5, 0.6) is 0 Å². The van der Waals surface area contributed by atoms with Crippen LogP contribution < -0.4 is 11.1 Å². The van der Waals surface area contributed by atoms with Gasteiger partial charge in [-0.3, -0.25) is 9.78 Å². The Kier molecular flexibility index (Phi) is 4.32. The first-order valence-electron chi connectivity index (χ1n) is 6.22. The van der Waals surface area contributed by atoms with Crippen molar-refractivity contribution in [2.75, 3.05) is 18.2 Å². The van der Waals surface area contributed by atoms with Crippen molar-refractivity contribution in [2.24, 2.45) is 0 Å². The number of benzene rings is 1. The monoisotopic (exact) mass is 271 g/mol. The standard InChI is InChI=1S/C15H17N3O2/c1-10-7-13(16)12(8-17-10)15(19)18-14-6-4-3-5-11(14)9-20-2/h3-8H,9H2,1-2H3,(H2,16,17)(H,18,19). The Bertz CT molecular complexity index is 626. The third kappa shape index (κ3) is 3.13. The van der Waals surface area contributed by atoms with Gasteiger partial charge in [0.15, 0.2) is 0 Å². The van der Waals surface area contributed by atoms with Crippen LogP contribution in [0.25, 0.3) is 0 Å². The van der Waals surface area contributed by atoms with Gasteiger partial charge in [0.1, 0.15) is 0 Å². The van der Waals surface area contributed by atoms with Crippen molar-refractivity contribution in [3.05, 3.63) is 53.3 Å². The molecule has 2 aromatic rings. The largest absolute Gasteiger partial charge is 0.398 e. The topological polar surface area (TPSA) is 77.2 Å². The first-order valence-corrected chi connectivity index (χ1v) is 6.22. The summed E-state index contributed by atoms with van der Waals surface area (Å²) >= 11 is 0. The fourth-order valence-electron chi connectivity index (χ4n) is 1.88. The number of para-hydroxylation sites is 1. The lowest BCUT2D eigenvalue weighted by Crippen LogP contribution is -2.16. The maximum absolute atomic E-state index is 12.2. The van der Waals surface area contributed by atoms with Crippen molar-refractivity contribution in [1.82, 2.24) is 4.98 Å². The molecule has 20 heavy (non-hydrogen) atoms. The second-order valence-corrected chi connectivity index (χ2v) is 4.46. The van der Waals surface area contributed by atoms with Crippen LogP contribution in [0, 0.1) is 6.92 Å². The van der Waals surface area contributed by atoms with E-state index in [1.165, 1.54) is 6.20 Å². The first kappa shape index (κ1) is 14.0. The molecule has 0 atom stereocenters. The van der Waals surface area contributed by atoms with Crippen molar-refractivity contribution in [1.29, 1.82) is 0 Å². The van der Waals surface area contributed by atoms with Crippen LogP contribution in [-0.4, -0.2) is 18.0 Å². The SMILES string of the molecule is COCc1ccccc1NC(=O)c1cnc(C)cc1N. The highest BCUT2D eigenvalue weighted by Gasteiger charge is 2.12. The molecule has 0 spiro atoms. The van der Waals surface area contributed by atoms with E-state index in [0.717, 1.165) is 11.3 Å². The summed E-state index contributed by atoms with van der Waals surface area (Å²) in [6.07, 6.45) is 1.49. The minimum Gasteiger partial charge on any atom is -0.398 e. The number of amides is 1. The Morgan fingerprint density at radius 1 is 1.40 bits per heavy atom. The Morgan fingerprint density at radius 2 is 2.15 bits per heavy atom. The molecular formula is C15H17N3O2. The maximum Gasteiger partial charge on any atom is 0.259 e. The summed E-state index contributed by atoms with van der Waals surface area (Å²) in [5.41, 5.74) is 9.02. The van der Waals surface area contributed by atoms with E-state index in [9.17, 15) is 4.79 Å². The number of hydrogen-bond donors (Lipinski definition) is 2. The molecular weight excluding hydrogens is 254 g/mol.